The number of unbranched alkanes of at least 4 members (excludes halogenated alkanes) is 3. The Hall–Kier alpha value is -0.920. The summed E-state index contributed by atoms with van der Waals surface area (Å²) >= 11 is 1.31. The summed E-state index contributed by atoms with van der Waals surface area (Å²) in [6.45, 7) is 0.237. The van der Waals surface area contributed by atoms with Crippen molar-refractivity contribution in [1.29, 1.82) is 0 Å². The van der Waals surface area contributed by atoms with E-state index < -0.39 is 16.1 Å². The van der Waals surface area contributed by atoms with Crippen molar-refractivity contribution in [2.75, 3.05) is 12.9 Å². The van der Waals surface area contributed by atoms with Crippen molar-refractivity contribution in [2.45, 2.75) is 32.1 Å². The first kappa shape index (κ1) is 16.1. The van der Waals surface area contributed by atoms with Gasteiger partial charge in [-0.15, -0.1) is 11.3 Å². The molecule has 0 bridgehead atoms. The highest BCUT2D eigenvalue weighted by Crippen LogP contribution is 2.19. The average molecular weight is 306 g/mol. The number of hydrogen-bond acceptors (Lipinski definition) is 5. The van der Waals surface area contributed by atoms with Gasteiger partial charge in [-0.1, -0.05) is 12.8 Å². The maximum absolute atomic E-state index is 10.7. The van der Waals surface area contributed by atoms with Crippen molar-refractivity contribution >= 4 is 27.4 Å². The Labute approximate surface area is 117 Å². The molecule has 7 heteroatoms. The van der Waals surface area contributed by atoms with Gasteiger partial charge in [0.05, 0.1) is 12.9 Å². The van der Waals surface area contributed by atoms with Crippen molar-refractivity contribution < 1.29 is 22.5 Å². The van der Waals surface area contributed by atoms with Crippen molar-refractivity contribution in [3.8, 4) is 0 Å². The number of aromatic carboxylic acids is 1. The molecule has 1 heterocycles. The summed E-state index contributed by atoms with van der Waals surface area (Å²) < 4.78 is 26.0. The fourth-order valence-corrected chi connectivity index (χ4v) is 2.90. The molecule has 0 saturated carbocycles. The fraction of sp³-hybridized carbons (Fsp3) is 0.583. The maximum atomic E-state index is 10.7. The van der Waals surface area contributed by atoms with E-state index in [1.54, 1.807) is 6.07 Å². The molecule has 0 aliphatic heterocycles. The number of carboxylic acids is 1. The molecule has 5 nitrogen and oxygen atoms in total. The zero-order valence-corrected chi connectivity index (χ0v) is 12.4. The molecule has 0 fully saturated rings. The van der Waals surface area contributed by atoms with Gasteiger partial charge in [0, 0.05) is 4.88 Å². The van der Waals surface area contributed by atoms with Gasteiger partial charge in [0.2, 0.25) is 0 Å². The molecule has 0 amide bonds. The van der Waals surface area contributed by atoms with E-state index in [0.717, 1.165) is 43.2 Å². The van der Waals surface area contributed by atoms with Crippen LogP contribution < -0.4 is 0 Å². The van der Waals surface area contributed by atoms with Crippen molar-refractivity contribution in [3.63, 3.8) is 0 Å². The lowest BCUT2D eigenvalue weighted by Gasteiger charge is -2.01. The van der Waals surface area contributed by atoms with Crippen LogP contribution in [0.2, 0.25) is 0 Å². The Morgan fingerprint density at radius 1 is 1.26 bits per heavy atom. The fourth-order valence-electron chi connectivity index (χ4n) is 1.59. The smallest absolute Gasteiger partial charge is 0.345 e. The lowest BCUT2D eigenvalue weighted by atomic mass is 10.1. The number of carboxylic acid groups (broad SMARTS) is 1. The summed E-state index contributed by atoms with van der Waals surface area (Å²) in [6, 6.07) is 3.48. The first-order valence-electron chi connectivity index (χ1n) is 6.05. The van der Waals surface area contributed by atoms with Gasteiger partial charge in [-0.3, -0.25) is 4.18 Å². The number of thiophene rings is 1. The van der Waals surface area contributed by atoms with E-state index in [-0.39, 0.29) is 6.61 Å². The standard InChI is InChI=1S/C12H18O5S2/c1-19(15,16)17-9-5-3-2-4-6-10-7-8-11(18-10)12(13)14/h7-8H,2-6,9H2,1H3,(H,13,14). The van der Waals surface area contributed by atoms with Gasteiger partial charge in [0.15, 0.2) is 0 Å². The zero-order valence-electron chi connectivity index (χ0n) is 10.8. The molecule has 0 aromatic carbocycles. The van der Waals surface area contributed by atoms with Gasteiger partial charge in [0.1, 0.15) is 4.88 Å². The summed E-state index contributed by atoms with van der Waals surface area (Å²) in [7, 11) is -3.32. The second-order valence-electron chi connectivity index (χ2n) is 4.26. The molecule has 1 rings (SSSR count). The van der Waals surface area contributed by atoms with Gasteiger partial charge in [-0.25, -0.2) is 4.79 Å². The maximum Gasteiger partial charge on any atom is 0.345 e. The lowest BCUT2D eigenvalue weighted by molar-refractivity contribution is 0.0702. The Morgan fingerprint density at radius 3 is 2.53 bits per heavy atom. The van der Waals surface area contributed by atoms with Crippen LogP contribution in [-0.4, -0.2) is 32.4 Å². The first-order valence-corrected chi connectivity index (χ1v) is 8.68. The molecule has 0 aliphatic rings. The van der Waals surface area contributed by atoms with Gasteiger partial charge in [-0.2, -0.15) is 8.42 Å². The van der Waals surface area contributed by atoms with Crippen LogP contribution in [0.25, 0.3) is 0 Å². The number of rotatable bonds is 9. The van der Waals surface area contributed by atoms with Crippen LogP contribution >= 0.6 is 11.3 Å². The topological polar surface area (TPSA) is 80.7 Å². The number of hydrogen-bond donors (Lipinski definition) is 1. The van der Waals surface area contributed by atoms with E-state index in [2.05, 4.69) is 4.18 Å². The Balaban J connectivity index is 2.09. The molecule has 0 saturated heterocycles. The monoisotopic (exact) mass is 306 g/mol. The lowest BCUT2D eigenvalue weighted by Crippen LogP contribution is -2.03. The van der Waals surface area contributed by atoms with Gasteiger partial charge in [0.25, 0.3) is 10.1 Å². The van der Waals surface area contributed by atoms with Crippen molar-refractivity contribution in [2.24, 2.45) is 0 Å². The van der Waals surface area contributed by atoms with Crippen LogP contribution in [0, 0.1) is 0 Å². The number of aryl methyl sites for hydroxylation is 1. The van der Waals surface area contributed by atoms with Gasteiger partial charge in [-0.05, 0) is 31.4 Å². The van der Waals surface area contributed by atoms with E-state index in [1.165, 1.54) is 11.3 Å². The minimum absolute atomic E-state index is 0.237. The van der Waals surface area contributed by atoms with Crippen LogP contribution in [0.4, 0.5) is 0 Å². The number of carbonyl (C=O) groups is 1. The van der Waals surface area contributed by atoms with Crippen LogP contribution in [0.5, 0.6) is 0 Å². The van der Waals surface area contributed by atoms with E-state index in [1.807, 2.05) is 6.07 Å². The first-order chi connectivity index (χ1) is 8.88. The third-order valence-electron chi connectivity index (χ3n) is 2.49. The third kappa shape index (κ3) is 7.29. The van der Waals surface area contributed by atoms with Crippen LogP contribution in [0.3, 0.4) is 0 Å². The molecule has 108 valence electrons. The quantitative estimate of drug-likeness (QED) is 0.560. The molecule has 1 aromatic rings. The van der Waals surface area contributed by atoms with Crippen molar-refractivity contribution in [1.82, 2.24) is 0 Å². The molecule has 1 N–H and O–H groups in total. The van der Waals surface area contributed by atoms with Gasteiger partial charge < -0.3 is 5.11 Å². The van der Waals surface area contributed by atoms with Gasteiger partial charge >= 0.3 is 5.97 Å². The zero-order chi connectivity index (χ0) is 14.3. The van der Waals surface area contributed by atoms with Crippen LogP contribution in [0.1, 0.15) is 40.2 Å². The van der Waals surface area contributed by atoms with Crippen LogP contribution in [0.15, 0.2) is 12.1 Å². The van der Waals surface area contributed by atoms with Crippen LogP contribution in [-0.2, 0) is 20.7 Å². The summed E-state index contributed by atoms with van der Waals surface area (Å²) in [5.74, 6) is -0.880. The molecule has 0 atom stereocenters. The summed E-state index contributed by atoms with van der Waals surface area (Å²) in [5.41, 5.74) is 0. The molecule has 1 aromatic heterocycles. The highest BCUT2D eigenvalue weighted by Gasteiger charge is 2.06. The highest BCUT2D eigenvalue weighted by molar-refractivity contribution is 7.85. The largest absolute Gasteiger partial charge is 0.477 e. The minimum atomic E-state index is -3.32. The Kier molecular flexibility index (Phi) is 6.47. The summed E-state index contributed by atoms with van der Waals surface area (Å²) in [4.78, 5) is 12.1. The molecular weight excluding hydrogens is 288 g/mol. The second kappa shape index (κ2) is 7.62. The molecule has 0 unspecified atom stereocenters. The third-order valence-corrected chi connectivity index (χ3v) is 4.22. The van der Waals surface area contributed by atoms with E-state index in [4.69, 9.17) is 5.11 Å². The summed E-state index contributed by atoms with van der Waals surface area (Å²) in [6.07, 6.45) is 5.49. The highest BCUT2D eigenvalue weighted by atomic mass is 32.2. The minimum Gasteiger partial charge on any atom is -0.477 e. The Bertz CT molecular complexity index is 504. The summed E-state index contributed by atoms with van der Waals surface area (Å²) in [5, 5.41) is 8.78. The Morgan fingerprint density at radius 2 is 1.95 bits per heavy atom. The molecule has 0 aliphatic carbocycles. The predicted octanol–water partition coefficient (Wildman–Crippen LogP) is 2.53. The molecule has 19 heavy (non-hydrogen) atoms. The normalized spacial score (nSPS) is 11.6. The average Bonchev–Trinajstić information content (AvgIpc) is 2.75. The SMILES string of the molecule is CS(=O)(=O)OCCCCCCc1ccc(C(=O)O)s1. The molecular formula is C12H18O5S2. The van der Waals surface area contributed by atoms with E-state index in [9.17, 15) is 13.2 Å². The second-order valence-corrected chi connectivity index (χ2v) is 7.07. The molecule has 0 spiro atoms. The van der Waals surface area contributed by atoms with E-state index in [0.29, 0.717) is 4.88 Å². The predicted molar refractivity (Wildman–Crippen MR) is 74.2 cm³/mol. The molecule has 0 radical (unpaired) electrons. The van der Waals surface area contributed by atoms with Crippen molar-refractivity contribution in [3.05, 3.63) is 21.9 Å². The van der Waals surface area contributed by atoms with E-state index >= 15 is 0 Å².